The molecule has 0 radical (unpaired) electrons. The molecule has 1 aliphatic rings. The first-order valence-electron chi connectivity index (χ1n) is 4.78. The van der Waals surface area contributed by atoms with Gasteiger partial charge in [0.05, 0.1) is 0 Å². The van der Waals surface area contributed by atoms with Crippen molar-refractivity contribution in [1.82, 2.24) is 4.90 Å². The molecule has 0 amide bonds. The molecule has 0 saturated heterocycles. The van der Waals surface area contributed by atoms with Crippen LogP contribution in [0.1, 0.15) is 32.6 Å². The third-order valence-electron chi connectivity index (χ3n) is 2.63. The lowest BCUT2D eigenvalue weighted by atomic mass is 10.2. The molecule has 1 rings (SSSR count). The molecule has 12 heavy (non-hydrogen) atoms. The summed E-state index contributed by atoms with van der Waals surface area (Å²) in [5, 5.41) is 0. The van der Waals surface area contributed by atoms with Gasteiger partial charge in [0.15, 0.2) is 5.96 Å². The van der Waals surface area contributed by atoms with Crippen LogP contribution in [0.2, 0.25) is 0 Å². The number of nitrogens with zero attached hydrogens (tertiary/aromatic N) is 2. The average molecular weight is 169 g/mol. The number of hydrogen-bond acceptors (Lipinski definition) is 1. The maximum atomic E-state index is 5.78. The zero-order valence-electron chi connectivity index (χ0n) is 8.08. The Kier molecular flexibility index (Phi) is 3.38. The van der Waals surface area contributed by atoms with E-state index in [9.17, 15) is 0 Å². The van der Waals surface area contributed by atoms with Crippen LogP contribution in [-0.2, 0) is 0 Å². The van der Waals surface area contributed by atoms with E-state index in [4.69, 9.17) is 5.73 Å². The Labute approximate surface area is 74.6 Å². The Balaban J connectivity index is 2.54. The first kappa shape index (κ1) is 9.36. The molecule has 0 aliphatic heterocycles. The molecule has 0 aromatic heterocycles. The summed E-state index contributed by atoms with van der Waals surface area (Å²) in [5.74, 6) is 0.699. The standard InChI is InChI=1S/C9H19N3/c1-3-12(9(10)11-2)8-6-4-5-7-8/h8H,3-7H2,1-2H3,(H2,10,11). The molecular weight excluding hydrogens is 150 g/mol. The molecule has 3 heteroatoms. The molecule has 3 nitrogen and oxygen atoms in total. The minimum Gasteiger partial charge on any atom is -0.370 e. The zero-order chi connectivity index (χ0) is 8.97. The Morgan fingerprint density at radius 3 is 2.50 bits per heavy atom. The van der Waals surface area contributed by atoms with E-state index in [0.29, 0.717) is 12.0 Å². The van der Waals surface area contributed by atoms with E-state index in [1.165, 1.54) is 25.7 Å². The van der Waals surface area contributed by atoms with Gasteiger partial charge in [0.1, 0.15) is 0 Å². The summed E-state index contributed by atoms with van der Waals surface area (Å²) in [7, 11) is 1.76. The normalized spacial score (nSPS) is 20.0. The fourth-order valence-electron chi connectivity index (χ4n) is 1.95. The van der Waals surface area contributed by atoms with Crippen LogP contribution in [-0.4, -0.2) is 30.5 Å². The monoisotopic (exact) mass is 169 g/mol. The molecule has 0 unspecified atom stereocenters. The van der Waals surface area contributed by atoms with Crippen molar-refractivity contribution in [2.75, 3.05) is 13.6 Å². The first-order valence-corrected chi connectivity index (χ1v) is 4.78. The van der Waals surface area contributed by atoms with Crippen LogP contribution >= 0.6 is 0 Å². The van der Waals surface area contributed by atoms with Crippen LogP contribution in [0.5, 0.6) is 0 Å². The smallest absolute Gasteiger partial charge is 0.191 e. The van der Waals surface area contributed by atoms with Crippen LogP contribution in [0.4, 0.5) is 0 Å². The molecule has 0 atom stereocenters. The van der Waals surface area contributed by atoms with E-state index in [2.05, 4.69) is 16.8 Å². The SMILES string of the molecule is CCN(C(N)=NC)C1CCCC1. The van der Waals surface area contributed by atoms with E-state index in [0.717, 1.165) is 6.54 Å². The average Bonchev–Trinajstić information content (AvgIpc) is 2.58. The Morgan fingerprint density at radius 1 is 1.50 bits per heavy atom. The Morgan fingerprint density at radius 2 is 2.08 bits per heavy atom. The van der Waals surface area contributed by atoms with Crippen molar-refractivity contribution in [2.45, 2.75) is 38.6 Å². The van der Waals surface area contributed by atoms with Crippen LogP contribution in [0, 0.1) is 0 Å². The largest absolute Gasteiger partial charge is 0.370 e. The van der Waals surface area contributed by atoms with Crippen LogP contribution < -0.4 is 5.73 Å². The molecule has 2 N–H and O–H groups in total. The summed E-state index contributed by atoms with van der Waals surface area (Å²) in [6.07, 6.45) is 5.25. The van der Waals surface area contributed by atoms with E-state index in [1.807, 2.05) is 0 Å². The van der Waals surface area contributed by atoms with Gasteiger partial charge in [-0.25, -0.2) is 0 Å². The van der Waals surface area contributed by atoms with E-state index in [1.54, 1.807) is 7.05 Å². The summed E-state index contributed by atoms with van der Waals surface area (Å²) < 4.78 is 0. The second-order valence-corrected chi connectivity index (χ2v) is 3.31. The van der Waals surface area contributed by atoms with Crippen LogP contribution in [0.15, 0.2) is 4.99 Å². The zero-order valence-corrected chi connectivity index (χ0v) is 8.08. The lowest BCUT2D eigenvalue weighted by Gasteiger charge is -2.28. The maximum Gasteiger partial charge on any atom is 0.191 e. The molecule has 0 heterocycles. The molecule has 1 saturated carbocycles. The molecule has 0 bridgehead atoms. The second-order valence-electron chi connectivity index (χ2n) is 3.31. The quantitative estimate of drug-likeness (QED) is 0.498. The topological polar surface area (TPSA) is 41.6 Å². The molecule has 1 fully saturated rings. The van der Waals surface area contributed by atoms with Crippen LogP contribution in [0.25, 0.3) is 0 Å². The van der Waals surface area contributed by atoms with Crippen LogP contribution in [0.3, 0.4) is 0 Å². The highest BCUT2D eigenvalue weighted by atomic mass is 15.3. The van der Waals surface area contributed by atoms with Crippen molar-refractivity contribution in [2.24, 2.45) is 10.7 Å². The summed E-state index contributed by atoms with van der Waals surface area (Å²) in [6.45, 7) is 3.12. The molecule has 0 spiro atoms. The van der Waals surface area contributed by atoms with Gasteiger partial charge in [-0.15, -0.1) is 0 Å². The van der Waals surface area contributed by atoms with Crippen molar-refractivity contribution < 1.29 is 0 Å². The molecule has 0 aromatic carbocycles. The fourth-order valence-corrected chi connectivity index (χ4v) is 1.95. The number of aliphatic imine (C=N–C) groups is 1. The molecule has 1 aliphatic carbocycles. The Bertz CT molecular complexity index is 159. The lowest BCUT2D eigenvalue weighted by Crippen LogP contribution is -2.43. The van der Waals surface area contributed by atoms with Gasteiger partial charge in [0.2, 0.25) is 0 Å². The van der Waals surface area contributed by atoms with Crippen molar-refractivity contribution in [3.05, 3.63) is 0 Å². The van der Waals surface area contributed by atoms with Crippen molar-refractivity contribution in [3.63, 3.8) is 0 Å². The van der Waals surface area contributed by atoms with Crippen molar-refractivity contribution in [3.8, 4) is 0 Å². The molecule has 70 valence electrons. The van der Waals surface area contributed by atoms with E-state index >= 15 is 0 Å². The highest BCUT2D eigenvalue weighted by molar-refractivity contribution is 5.78. The third kappa shape index (κ3) is 1.90. The number of guanidine groups is 1. The van der Waals surface area contributed by atoms with Gasteiger partial charge < -0.3 is 10.6 Å². The second kappa shape index (κ2) is 4.33. The maximum absolute atomic E-state index is 5.78. The summed E-state index contributed by atoms with van der Waals surface area (Å²) in [4.78, 5) is 6.24. The number of rotatable bonds is 2. The summed E-state index contributed by atoms with van der Waals surface area (Å²) >= 11 is 0. The van der Waals surface area contributed by atoms with E-state index < -0.39 is 0 Å². The van der Waals surface area contributed by atoms with Gasteiger partial charge in [-0.3, -0.25) is 4.99 Å². The summed E-state index contributed by atoms with van der Waals surface area (Å²) in [6, 6.07) is 0.652. The van der Waals surface area contributed by atoms with Gasteiger partial charge >= 0.3 is 0 Å². The predicted octanol–water partition coefficient (Wildman–Crippen LogP) is 1.20. The number of nitrogens with two attached hydrogens (primary N) is 1. The van der Waals surface area contributed by atoms with Gasteiger partial charge in [0.25, 0.3) is 0 Å². The van der Waals surface area contributed by atoms with Gasteiger partial charge in [-0.2, -0.15) is 0 Å². The van der Waals surface area contributed by atoms with E-state index in [-0.39, 0.29) is 0 Å². The molecule has 0 aromatic rings. The van der Waals surface area contributed by atoms with Crippen molar-refractivity contribution in [1.29, 1.82) is 0 Å². The predicted molar refractivity (Wildman–Crippen MR) is 52.2 cm³/mol. The highest BCUT2D eigenvalue weighted by Gasteiger charge is 2.22. The van der Waals surface area contributed by atoms with Gasteiger partial charge in [-0.1, -0.05) is 12.8 Å². The minimum atomic E-state index is 0.652. The molecular formula is C9H19N3. The first-order chi connectivity index (χ1) is 5.79. The third-order valence-corrected chi connectivity index (χ3v) is 2.63. The lowest BCUT2D eigenvalue weighted by molar-refractivity contribution is 0.325. The van der Waals surface area contributed by atoms with Gasteiger partial charge in [-0.05, 0) is 19.8 Å². The Hall–Kier alpha value is -0.730. The number of hydrogen-bond donors (Lipinski definition) is 1. The summed E-state index contributed by atoms with van der Waals surface area (Å²) in [5.41, 5.74) is 5.78. The minimum absolute atomic E-state index is 0.652. The highest BCUT2D eigenvalue weighted by Crippen LogP contribution is 2.22. The van der Waals surface area contributed by atoms with Gasteiger partial charge in [0, 0.05) is 19.6 Å². The fraction of sp³-hybridized carbons (Fsp3) is 0.889. The van der Waals surface area contributed by atoms with Crippen molar-refractivity contribution >= 4 is 5.96 Å².